The molecule has 0 aromatic rings. The molecule has 0 saturated heterocycles. The maximum Gasteiger partial charge on any atom is 0.307 e. The molecule has 25 heavy (non-hydrogen) atoms. The van der Waals surface area contributed by atoms with Crippen molar-refractivity contribution in [1.29, 1.82) is 0 Å². The molecule has 0 saturated carbocycles. The molecule has 5 nitrogen and oxygen atoms in total. The van der Waals surface area contributed by atoms with E-state index in [4.69, 9.17) is 9.84 Å². The first-order valence-electron chi connectivity index (χ1n) is 9.85. The predicted molar refractivity (Wildman–Crippen MR) is 101 cm³/mol. The van der Waals surface area contributed by atoms with E-state index in [1.165, 1.54) is 38.5 Å². The summed E-state index contributed by atoms with van der Waals surface area (Å²) in [5.74, 6) is -0.907. The molecule has 148 valence electrons. The average Bonchev–Trinajstić information content (AvgIpc) is 2.43. The average molecular weight is 359 g/mol. The highest BCUT2D eigenvalue weighted by molar-refractivity contribution is 5.71. The Labute approximate surface area is 154 Å². The van der Waals surface area contributed by atoms with Crippen LogP contribution in [0.3, 0.4) is 0 Å². The fourth-order valence-corrected chi connectivity index (χ4v) is 3.02. The molecule has 1 N–H and O–H groups in total. The minimum atomic E-state index is -0.928. The van der Waals surface area contributed by atoms with Gasteiger partial charge < -0.3 is 14.3 Å². The summed E-state index contributed by atoms with van der Waals surface area (Å²) in [6.07, 6.45) is 9.62. The largest absolute Gasteiger partial charge is 0.481 e. The van der Waals surface area contributed by atoms with Crippen molar-refractivity contribution < 1.29 is 23.9 Å². The van der Waals surface area contributed by atoms with Crippen LogP contribution in [-0.4, -0.2) is 55.3 Å². The van der Waals surface area contributed by atoms with Gasteiger partial charge in [-0.2, -0.15) is 0 Å². The SMILES string of the molecule is CCCCCCCCCC(C)CC(=O)OC(CC(=O)O)C[N+](C)(C)C. The van der Waals surface area contributed by atoms with E-state index in [0.29, 0.717) is 17.4 Å². The van der Waals surface area contributed by atoms with E-state index in [1.807, 2.05) is 21.1 Å². The number of carboxylic acids is 1. The number of aliphatic carboxylic acids is 1. The van der Waals surface area contributed by atoms with E-state index >= 15 is 0 Å². The Morgan fingerprint density at radius 1 is 0.960 bits per heavy atom. The van der Waals surface area contributed by atoms with Crippen molar-refractivity contribution in [2.24, 2.45) is 5.92 Å². The molecule has 0 aliphatic rings. The third-order valence-electron chi connectivity index (χ3n) is 4.27. The van der Waals surface area contributed by atoms with Gasteiger partial charge in [0.1, 0.15) is 6.54 Å². The molecule has 0 aliphatic carbocycles. The van der Waals surface area contributed by atoms with Crippen LogP contribution >= 0.6 is 0 Å². The minimum Gasteiger partial charge on any atom is -0.481 e. The number of nitrogens with zero attached hydrogens (tertiary/aromatic N) is 1. The molecule has 2 atom stereocenters. The number of likely N-dealkylation sites (N-methyl/N-ethyl adjacent to an activating group) is 1. The summed E-state index contributed by atoms with van der Waals surface area (Å²) in [7, 11) is 5.89. The van der Waals surface area contributed by atoms with Crippen molar-refractivity contribution in [3.05, 3.63) is 0 Å². The summed E-state index contributed by atoms with van der Waals surface area (Å²) in [4.78, 5) is 23.1. The Morgan fingerprint density at radius 3 is 2.04 bits per heavy atom. The fourth-order valence-electron chi connectivity index (χ4n) is 3.02. The van der Waals surface area contributed by atoms with Gasteiger partial charge in [-0.25, -0.2) is 0 Å². The van der Waals surface area contributed by atoms with Crippen LogP contribution in [-0.2, 0) is 14.3 Å². The number of esters is 1. The summed E-state index contributed by atoms with van der Waals surface area (Å²) in [5.41, 5.74) is 0. The lowest BCUT2D eigenvalue weighted by Crippen LogP contribution is -2.43. The summed E-state index contributed by atoms with van der Waals surface area (Å²) >= 11 is 0. The van der Waals surface area contributed by atoms with E-state index in [0.717, 1.165) is 12.8 Å². The van der Waals surface area contributed by atoms with Gasteiger partial charge in [0.15, 0.2) is 6.10 Å². The number of quaternary nitrogens is 1. The third-order valence-corrected chi connectivity index (χ3v) is 4.27. The predicted octanol–water partition coefficient (Wildman–Crippen LogP) is 4.25. The minimum absolute atomic E-state index is 0.132. The van der Waals surface area contributed by atoms with Crippen LogP contribution < -0.4 is 0 Å². The molecule has 0 amide bonds. The Balaban J connectivity index is 4.04. The number of ether oxygens (including phenoxy) is 1. The molecular weight excluding hydrogens is 318 g/mol. The van der Waals surface area contributed by atoms with Crippen molar-refractivity contribution in [3.8, 4) is 0 Å². The van der Waals surface area contributed by atoms with Gasteiger partial charge in [0.2, 0.25) is 0 Å². The second-order valence-electron chi connectivity index (χ2n) is 8.40. The first-order chi connectivity index (χ1) is 11.6. The third kappa shape index (κ3) is 16.1. The smallest absolute Gasteiger partial charge is 0.307 e. The van der Waals surface area contributed by atoms with Crippen LogP contribution in [0.2, 0.25) is 0 Å². The Morgan fingerprint density at radius 2 is 1.52 bits per heavy atom. The lowest BCUT2D eigenvalue weighted by atomic mass is 9.99. The van der Waals surface area contributed by atoms with Crippen molar-refractivity contribution >= 4 is 11.9 Å². The summed E-state index contributed by atoms with van der Waals surface area (Å²) in [6.45, 7) is 4.80. The molecule has 0 aliphatic heterocycles. The number of unbranched alkanes of at least 4 members (excludes halogenated alkanes) is 6. The topological polar surface area (TPSA) is 63.6 Å². The molecule has 0 spiro atoms. The van der Waals surface area contributed by atoms with Gasteiger partial charge in [0.05, 0.1) is 27.6 Å². The lowest BCUT2D eigenvalue weighted by molar-refractivity contribution is -0.873. The number of carboxylic acid groups (broad SMARTS) is 1. The summed E-state index contributed by atoms with van der Waals surface area (Å²) < 4.78 is 6.01. The van der Waals surface area contributed by atoms with Crippen molar-refractivity contribution in [3.63, 3.8) is 0 Å². The number of carbonyl (C=O) groups excluding carboxylic acids is 1. The maximum absolute atomic E-state index is 12.1. The van der Waals surface area contributed by atoms with Crippen LogP contribution in [0, 0.1) is 5.92 Å². The van der Waals surface area contributed by atoms with E-state index in [9.17, 15) is 9.59 Å². The standard InChI is InChI=1S/C20H39NO4/c1-6-7-8-9-10-11-12-13-17(2)14-20(24)25-18(15-19(22)23)16-21(3,4)5/h17-18H,6-16H2,1-5H3/p+1. The van der Waals surface area contributed by atoms with E-state index in [2.05, 4.69) is 13.8 Å². The highest BCUT2D eigenvalue weighted by Crippen LogP contribution is 2.17. The quantitative estimate of drug-likeness (QED) is 0.270. The van der Waals surface area contributed by atoms with Gasteiger partial charge in [-0.3, -0.25) is 9.59 Å². The summed E-state index contributed by atoms with van der Waals surface area (Å²) in [5, 5.41) is 9.00. The van der Waals surface area contributed by atoms with Crippen LogP contribution in [0.25, 0.3) is 0 Å². The van der Waals surface area contributed by atoms with Crippen molar-refractivity contribution in [1.82, 2.24) is 0 Å². The molecular formula is C20H40NO4+. The van der Waals surface area contributed by atoms with Gasteiger partial charge in [0, 0.05) is 6.42 Å². The Hall–Kier alpha value is -1.10. The number of rotatable bonds is 15. The molecule has 2 unspecified atom stereocenters. The summed E-state index contributed by atoms with van der Waals surface area (Å²) in [6, 6.07) is 0. The van der Waals surface area contributed by atoms with Crippen LogP contribution in [0.15, 0.2) is 0 Å². The van der Waals surface area contributed by atoms with E-state index in [-0.39, 0.29) is 18.3 Å². The second kappa shape index (κ2) is 13.2. The van der Waals surface area contributed by atoms with Gasteiger partial charge in [0.25, 0.3) is 0 Å². The zero-order valence-corrected chi connectivity index (χ0v) is 17.1. The number of carbonyl (C=O) groups is 2. The van der Waals surface area contributed by atoms with E-state index in [1.54, 1.807) is 0 Å². The first-order valence-corrected chi connectivity index (χ1v) is 9.85. The molecule has 0 bridgehead atoms. The highest BCUT2D eigenvalue weighted by atomic mass is 16.5. The molecule has 0 fully saturated rings. The first kappa shape index (κ1) is 23.9. The van der Waals surface area contributed by atoms with Gasteiger partial charge in [-0.15, -0.1) is 0 Å². The van der Waals surface area contributed by atoms with Crippen LogP contribution in [0.4, 0.5) is 0 Å². The molecule has 0 heterocycles. The van der Waals surface area contributed by atoms with E-state index < -0.39 is 12.1 Å². The van der Waals surface area contributed by atoms with Crippen molar-refractivity contribution in [2.45, 2.75) is 84.2 Å². The Kier molecular flexibility index (Phi) is 12.6. The second-order valence-corrected chi connectivity index (χ2v) is 8.40. The Bertz CT molecular complexity index is 376. The number of hydrogen-bond acceptors (Lipinski definition) is 3. The van der Waals surface area contributed by atoms with Crippen LogP contribution in [0.1, 0.15) is 78.1 Å². The van der Waals surface area contributed by atoms with Gasteiger partial charge in [-0.05, 0) is 5.92 Å². The number of hydrogen-bond donors (Lipinski definition) is 1. The molecule has 0 rings (SSSR count). The molecule has 0 aromatic heterocycles. The molecule has 0 aromatic carbocycles. The zero-order chi connectivity index (χ0) is 19.3. The van der Waals surface area contributed by atoms with Crippen molar-refractivity contribution in [2.75, 3.05) is 27.7 Å². The van der Waals surface area contributed by atoms with Gasteiger partial charge >= 0.3 is 11.9 Å². The lowest BCUT2D eigenvalue weighted by Gasteiger charge is -2.28. The molecule has 5 heteroatoms. The van der Waals surface area contributed by atoms with Gasteiger partial charge in [-0.1, -0.05) is 65.2 Å². The monoisotopic (exact) mass is 358 g/mol. The molecule has 0 radical (unpaired) electrons. The fraction of sp³-hybridized carbons (Fsp3) is 0.900. The highest BCUT2D eigenvalue weighted by Gasteiger charge is 2.25. The maximum atomic E-state index is 12.1. The normalized spacial score (nSPS) is 14.1. The van der Waals surface area contributed by atoms with Crippen LogP contribution in [0.5, 0.6) is 0 Å². The zero-order valence-electron chi connectivity index (χ0n) is 17.1.